The molecule has 1 aromatic heterocycles. The molecule has 2 aliphatic heterocycles. The third-order valence-corrected chi connectivity index (χ3v) is 8.76. The smallest absolute Gasteiger partial charge is 0.354 e. The van der Waals surface area contributed by atoms with E-state index in [1.54, 1.807) is 17.2 Å². The Morgan fingerprint density at radius 1 is 1.07 bits per heavy atom. The largest absolute Gasteiger partial charge is 0.394 e. The maximum absolute atomic E-state index is 12.8. The number of anilines is 1. The van der Waals surface area contributed by atoms with Crippen LogP contribution in [0.1, 0.15) is 44.6 Å². The van der Waals surface area contributed by atoms with Crippen LogP contribution in [0.3, 0.4) is 0 Å². The first kappa shape index (κ1) is 30.9. The summed E-state index contributed by atoms with van der Waals surface area (Å²) in [7, 11) is 0. The number of aliphatic hydroxyl groups excluding tert-OH is 1. The molecule has 5 rings (SSSR count). The molecule has 1 aliphatic carbocycles. The van der Waals surface area contributed by atoms with Crippen LogP contribution < -0.4 is 22.5 Å². The number of aromatic nitrogens is 2. The Bertz CT molecular complexity index is 1290. The van der Waals surface area contributed by atoms with Crippen LogP contribution in [0.4, 0.5) is 10.6 Å². The number of hydrogen-bond acceptors (Lipinski definition) is 8. The lowest BCUT2D eigenvalue weighted by molar-refractivity contribution is -0.139. The maximum atomic E-state index is 12.8. The number of aliphatic hydroxyl groups is 1. The highest BCUT2D eigenvalue weighted by Crippen LogP contribution is 2.49. The number of likely N-dealkylation sites (tertiary alicyclic amines) is 1. The van der Waals surface area contributed by atoms with Crippen LogP contribution in [0.5, 0.6) is 0 Å². The van der Waals surface area contributed by atoms with Gasteiger partial charge in [-0.15, -0.1) is 12.4 Å². The van der Waals surface area contributed by atoms with Crippen LogP contribution >= 0.6 is 12.4 Å². The second-order valence-corrected chi connectivity index (χ2v) is 11.8. The molecule has 3 aliphatic rings. The third kappa shape index (κ3) is 6.73. The van der Waals surface area contributed by atoms with Gasteiger partial charge in [-0.1, -0.05) is 18.6 Å². The number of urea groups is 1. The molecule has 3 amide bonds. The van der Waals surface area contributed by atoms with Gasteiger partial charge in [-0.3, -0.25) is 19.6 Å². The SMILES string of the molecule is CC(N)(CO)C(=O)N1CCN(C(=O)Nc2ccn(-c3ccc(CN4CCC5(CCC5)CC4N)cc3)c(=O)n2)CC1.Cl. The molecule has 6 N–H and O–H groups in total. The van der Waals surface area contributed by atoms with Crippen molar-refractivity contribution in [3.63, 3.8) is 0 Å². The zero-order valence-electron chi connectivity index (χ0n) is 23.5. The van der Waals surface area contributed by atoms with Crippen LogP contribution in [0.2, 0.25) is 0 Å². The van der Waals surface area contributed by atoms with Crippen molar-refractivity contribution in [1.82, 2.24) is 24.3 Å². The standard InChI is InChI=1S/C28H40N8O4.ClH/c1-27(30,19-37)24(38)33-13-15-34(16-14-33)25(39)31-23-7-11-36(26(40)32-23)21-5-3-20(4-6-21)18-35-12-10-28(8-2-9-28)17-22(35)29;/h3-7,11,22,37H,2,8-10,12-19,29-30H2,1H3,(H,31,32,39,40);1H. The molecule has 3 heterocycles. The molecular weight excluding hydrogens is 548 g/mol. The first-order valence-electron chi connectivity index (χ1n) is 14.0. The molecule has 0 radical (unpaired) electrons. The maximum Gasteiger partial charge on any atom is 0.354 e. The van der Waals surface area contributed by atoms with Crippen molar-refractivity contribution >= 4 is 30.2 Å². The van der Waals surface area contributed by atoms with E-state index < -0.39 is 23.9 Å². The van der Waals surface area contributed by atoms with Gasteiger partial charge >= 0.3 is 11.7 Å². The zero-order chi connectivity index (χ0) is 28.5. The molecule has 2 atom stereocenters. The van der Waals surface area contributed by atoms with Crippen LogP contribution in [-0.2, 0) is 11.3 Å². The van der Waals surface area contributed by atoms with Crippen molar-refractivity contribution in [1.29, 1.82) is 0 Å². The van der Waals surface area contributed by atoms with E-state index in [1.807, 2.05) is 24.3 Å². The van der Waals surface area contributed by atoms with Gasteiger partial charge in [-0.2, -0.15) is 4.98 Å². The number of rotatable bonds is 6. The highest BCUT2D eigenvalue weighted by Gasteiger charge is 2.42. The molecule has 13 heteroatoms. The van der Waals surface area contributed by atoms with E-state index in [4.69, 9.17) is 11.5 Å². The summed E-state index contributed by atoms with van der Waals surface area (Å²) in [6.07, 6.45) is 7.93. The average molecular weight is 589 g/mol. The fourth-order valence-corrected chi connectivity index (χ4v) is 5.94. The lowest BCUT2D eigenvalue weighted by Crippen LogP contribution is -2.60. The number of nitrogens with one attached hydrogen (secondary N) is 1. The normalized spacial score (nSPS) is 21.9. The predicted octanol–water partition coefficient (Wildman–Crippen LogP) is 1.09. The van der Waals surface area contributed by atoms with Crippen LogP contribution in [0.15, 0.2) is 41.3 Å². The molecule has 1 saturated carbocycles. The Morgan fingerprint density at radius 3 is 2.29 bits per heavy atom. The van der Waals surface area contributed by atoms with Crippen LogP contribution in [-0.4, -0.2) is 92.3 Å². The molecule has 2 unspecified atom stereocenters. The second-order valence-electron chi connectivity index (χ2n) is 11.8. The summed E-state index contributed by atoms with van der Waals surface area (Å²) >= 11 is 0. The van der Waals surface area contributed by atoms with E-state index in [0.29, 0.717) is 37.3 Å². The number of nitrogens with zero attached hydrogens (tertiary/aromatic N) is 5. The molecule has 3 fully saturated rings. The molecule has 2 aromatic rings. The van der Waals surface area contributed by atoms with Gasteiger partial charge in [0.15, 0.2) is 0 Å². The van der Waals surface area contributed by atoms with Gasteiger partial charge in [0, 0.05) is 45.5 Å². The molecule has 2 saturated heterocycles. The number of amides is 3. The predicted molar refractivity (Wildman–Crippen MR) is 158 cm³/mol. The van der Waals surface area contributed by atoms with Crippen molar-refractivity contribution < 1.29 is 14.7 Å². The van der Waals surface area contributed by atoms with Gasteiger partial charge in [0.2, 0.25) is 5.91 Å². The first-order valence-corrected chi connectivity index (χ1v) is 14.0. The lowest BCUT2D eigenvalue weighted by atomic mass is 9.62. The Kier molecular flexibility index (Phi) is 9.39. The lowest BCUT2D eigenvalue weighted by Gasteiger charge is -2.50. The number of benzene rings is 1. The summed E-state index contributed by atoms with van der Waals surface area (Å²) in [5.41, 5.74) is 12.8. The number of piperazine rings is 1. The molecule has 224 valence electrons. The Hall–Kier alpha value is -3.03. The number of carbonyl (C=O) groups is 2. The number of piperidine rings is 1. The molecule has 1 aromatic carbocycles. The number of halogens is 1. The number of hydrogen-bond donors (Lipinski definition) is 4. The Balaban J connectivity index is 0.00000387. The van der Waals surface area contributed by atoms with Gasteiger partial charge in [0.05, 0.1) is 18.5 Å². The quantitative estimate of drug-likeness (QED) is 0.390. The molecule has 0 bridgehead atoms. The van der Waals surface area contributed by atoms with E-state index in [9.17, 15) is 19.5 Å². The fourth-order valence-electron chi connectivity index (χ4n) is 5.94. The monoisotopic (exact) mass is 588 g/mol. The average Bonchev–Trinajstić information content (AvgIpc) is 2.93. The first-order chi connectivity index (χ1) is 19.1. The van der Waals surface area contributed by atoms with Crippen molar-refractivity contribution in [3.8, 4) is 5.69 Å². The topological polar surface area (TPSA) is 163 Å². The van der Waals surface area contributed by atoms with Gasteiger partial charge in [-0.05, 0) is 61.8 Å². The van der Waals surface area contributed by atoms with Crippen LogP contribution in [0.25, 0.3) is 5.69 Å². The second kappa shape index (κ2) is 12.5. The summed E-state index contributed by atoms with van der Waals surface area (Å²) in [5.74, 6) is -0.204. The zero-order valence-corrected chi connectivity index (χ0v) is 24.3. The van der Waals surface area contributed by atoms with Gasteiger partial charge < -0.3 is 26.4 Å². The summed E-state index contributed by atoms with van der Waals surface area (Å²) in [6, 6.07) is 8.98. The molecule has 1 spiro atoms. The third-order valence-electron chi connectivity index (χ3n) is 8.76. The Morgan fingerprint density at radius 2 is 1.73 bits per heavy atom. The van der Waals surface area contributed by atoms with Crippen molar-refractivity contribution in [2.45, 2.75) is 57.3 Å². The molecule has 12 nitrogen and oxygen atoms in total. The number of carbonyl (C=O) groups excluding carboxylic acids is 2. The van der Waals surface area contributed by atoms with Crippen molar-refractivity contribution in [2.75, 3.05) is 44.6 Å². The summed E-state index contributed by atoms with van der Waals surface area (Å²) in [4.78, 5) is 47.4. The van der Waals surface area contributed by atoms with E-state index in [0.717, 1.165) is 25.1 Å². The van der Waals surface area contributed by atoms with E-state index in [2.05, 4.69) is 15.2 Å². The number of nitrogens with two attached hydrogens (primary N) is 2. The minimum Gasteiger partial charge on any atom is -0.394 e. The van der Waals surface area contributed by atoms with Crippen LogP contribution in [0, 0.1) is 5.41 Å². The molecular formula is C28H41ClN8O4. The van der Waals surface area contributed by atoms with E-state index in [1.165, 1.54) is 42.1 Å². The minimum atomic E-state index is -1.35. The summed E-state index contributed by atoms with van der Waals surface area (Å²) in [6.45, 7) is 4.02. The van der Waals surface area contributed by atoms with E-state index >= 15 is 0 Å². The minimum absolute atomic E-state index is 0. The van der Waals surface area contributed by atoms with Gasteiger partial charge in [-0.25, -0.2) is 9.59 Å². The van der Waals surface area contributed by atoms with Crippen molar-refractivity contribution in [3.05, 3.63) is 52.6 Å². The summed E-state index contributed by atoms with van der Waals surface area (Å²) < 4.78 is 1.43. The highest BCUT2D eigenvalue weighted by molar-refractivity contribution is 5.89. The molecule has 41 heavy (non-hydrogen) atoms. The van der Waals surface area contributed by atoms with Gasteiger partial charge in [0.1, 0.15) is 11.4 Å². The van der Waals surface area contributed by atoms with E-state index in [-0.39, 0.29) is 30.3 Å². The van der Waals surface area contributed by atoms with Crippen molar-refractivity contribution in [2.24, 2.45) is 16.9 Å². The highest BCUT2D eigenvalue weighted by atomic mass is 35.5. The summed E-state index contributed by atoms with van der Waals surface area (Å²) in [5, 5.41) is 12.0. The fraction of sp³-hybridized carbons (Fsp3) is 0.571. The van der Waals surface area contributed by atoms with Gasteiger partial charge in [0.25, 0.3) is 0 Å². The Labute approximate surface area is 246 Å².